The summed E-state index contributed by atoms with van der Waals surface area (Å²) >= 11 is 6.25. The summed E-state index contributed by atoms with van der Waals surface area (Å²) < 4.78 is 6.78. The molecule has 0 bridgehead atoms. The summed E-state index contributed by atoms with van der Waals surface area (Å²) in [5.41, 5.74) is 1.51. The maximum atomic E-state index is 9.37. The molecule has 1 aromatic carbocycles. The smallest absolute Gasteiger partial charge is 0.138 e. The summed E-state index contributed by atoms with van der Waals surface area (Å²) in [6.45, 7) is 1.94. The van der Waals surface area contributed by atoms with Crippen LogP contribution in [-0.4, -0.2) is 46.2 Å². The quantitative estimate of drug-likeness (QED) is 0.871. The topological polar surface area (TPSA) is 72.2 Å². The Balaban J connectivity index is 1.71. The molecule has 0 unspecified atom stereocenters. The van der Waals surface area contributed by atoms with Crippen molar-refractivity contribution in [3.8, 4) is 5.69 Å². The number of aromatic nitrogens is 3. The van der Waals surface area contributed by atoms with Gasteiger partial charge in [0.15, 0.2) is 0 Å². The van der Waals surface area contributed by atoms with Gasteiger partial charge in [-0.15, -0.1) is 0 Å². The Hall–Kier alpha value is -1.63. The van der Waals surface area contributed by atoms with Crippen molar-refractivity contribution in [2.45, 2.75) is 0 Å². The molecule has 7 heteroatoms. The maximum absolute atomic E-state index is 9.37. The molecule has 1 aromatic heterocycles. The van der Waals surface area contributed by atoms with E-state index in [2.05, 4.69) is 15.4 Å². The van der Waals surface area contributed by atoms with Crippen LogP contribution in [0.2, 0.25) is 5.02 Å². The molecule has 1 fully saturated rings. The highest BCUT2D eigenvalue weighted by Crippen LogP contribution is 2.28. The fourth-order valence-electron chi connectivity index (χ4n) is 2.06. The minimum atomic E-state index is -0.170. The molecule has 2 aromatic rings. The SMILES string of the molecule is OCC1(CNc2ccc(-n3cncn3)c(Cl)c2)COC1. The number of aliphatic hydroxyl groups is 1. The van der Waals surface area contributed by atoms with Gasteiger partial charge in [0.1, 0.15) is 12.7 Å². The second-order valence-electron chi connectivity index (χ2n) is 5.01. The van der Waals surface area contributed by atoms with Gasteiger partial charge in [-0.3, -0.25) is 0 Å². The van der Waals surface area contributed by atoms with Crippen LogP contribution < -0.4 is 5.32 Å². The van der Waals surface area contributed by atoms with Crippen LogP contribution in [0, 0.1) is 5.41 Å². The van der Waals surface area contributed by atoms with Gasteiger partial charge in [0.05, 0.1) is 35.9 Å². The van der Waals surface area contributed by atoms with Gasteiger partial charge < -0.3 is 15.2 Å². The number of benzene rings is 1. The van der Waals surface area contributed by atoms with Gasteiger partial charge in [-0.25, -0.2) is 9.67 Å². The number of hydrogen-bond donors (Lipinski definition) is 2. The van der Waals surface area contributed by atoms with Gasteiger partial charge in [0.25, 0.3) is 0 Å². The van der Waals surface area contributed by atoms with Gasteiger partial charge >= 0.3 is 0 Å². The molecule has 1 aliphatic heterocycles. The van der Waals surface area contributed by atoms with Crippen molar-refractivity contribution in [3.63, 3.8) is 0 Å². The Morgan fingerprint density at radius 1 is 1.45 bits per heavy atom. The van der Waals surface area contributed by atoms with E-state index in [1.165, 1.54) is 6.33 Å². The predicted molar refractivity (Wildman–Crippen MR) is 75.2 cm³/mol. The highest BCUT2D eigenvalue weighted by Gasteiger charge is 2.37. The summed E-state index contributed by atoms with van der Waals surface area (Å²) in [7, 11) is 0. The van der Waals surface area contributed by atoms with Gasteiger partial charge in [-0.1, -0.05) is 11.6 Å². The molecule has 106 valence electrons. The zero-order valence-corrected chi connectivity index (χ0v) is 11.5. The van der Waals surface area contributed by atoms with Crippen LogP contribution >= 0.6 is 11.6 Å². The van der Waals surface area contributed by atoms with Gasteiger partial charge in [-0.2, -0.15) is 5.10 Å². The van der Waals surface area contributed by atoms with Crippen molar-refractivity contribution in [3.05, 3.63) is 35.9 Å². The van der Waals surface area contributed by atoms with Gasteiger partial charge in [0.2, 0.25) is 0 Å². The van der Waals surface area contributed by atoms with Crippen molar-refractivity contribution >= 4 is 17.3 Å². The van der Waals surface area contributed by atoms with Gasteiger partial charge in [-0.05, 0) is 18.2 Å². The van der Waals surface area contributed by atoms with Crippen LogP contribution in [0.1, 0.15) is 0 Å². The molecule has 0 spiro atoms. The van der Waals surface area contributed by atoms with E-state index in [4.69, 9.17) is 16.3 Å². The highest BCUT2D eigenvalue weighted by atomic mass is 35.5. The molecular formula is C13H15ClN4O2. The van der Waals surface area contributed by atoms with E-state index in [1.807, 2.05) is 18.2 Å². The molecule has 2 heterocycles. The monoisotopic (exact) mass is 294 g/mol. The number of anilines is 1. The average molecular weight is 295 g/mol. The summed E-state index contributed by atoms with van der Waals surface area (Å²) in [5.74, 6) is 0. The normalized spacial score (nSPS) is 16.7. The third kappa shape index (κ3) is 2.49. The zero-order chi connectivity index (χ0) is 14.0. The van der Waals surface area contributed by atoms with Gasteiger partial charge in [0, 0.05) is 12.2 Å². The van der Waals surface area contributed by atoms with E-state index in [0.29, 0.717) is 24.8 Å². The third-order valence-electron chi connectivity index (χ3n) is 3.43. The number of halogens is 1. The molecule has 0 amide bonds. The zero-order valence-electron chi connectivity index (χ0n) is 10.8. The first-order valence-corrected chi connectivity index (χ1v) is 6.67. The number of rotatable bonds is 5. The number of aliphatic hydroxyl groups excluding tert-OH is 1. The summed E-state index contributed by atoms with van der Waals surface area (Å²) in [4.78, 5) is 3.90. The summed E-state index contributed by atoms with van der Waals surface area (Å²) in [6, 6.07) is 5.64. The van der Waals surface area contributed by atoms with Crippen LogP contribution in [0.3, 0.4) is 0 Å². The van der Waals surface area contributed by atoms with Crippen molar-refractivity contribution in [2.24, 2.45) is 5.41 Å². The minimum absolute atomic E-state index is 0.116. The summed E-state index contributed by atoms with van der Waals surface area (Å²) in [6.07, 6.45) is 3.06. The van der Waals surface area contributed by atoms with Crippen LogP contribution in [0.25, 0.3) is 5.69 Å². The molecule has 3 rings (SSSR count). The largest absolute Gasteiger partial charge is 0.396 e. The Kier molecular flexibility index (Phi) is 3.60. The number of ether oxygens (including phenoxy) is 1. The van der Waals surface area contributed by atoms with E-state index in [1.54, 1.807) is 11.0 Å². The first-order valence-electron chi connectivity index (χ1n) is 6.29. The molecule has 0 saturated carbocycles. The second kappa shape index (κ2) is 5.40. The molecule has 0 atom stereocenters. The van der Waals surface area contributed by atoms with Crippen molar-refractivity contribution < 1.29 is 9.84 Å². The number of hydrogen-bond acceptors (Lipinski definition) is 5. The number of nitrogens with zero attached hydrogens (tertiary/aromatic N) is 3. The first kappa shape index (κ1) is 13.4. The fourth-order valence-corrected chi connectivity index (χ4v) is 2.33. The van der Waals surface area contributed by atoms with E-state index < -0.39 is 0 Å². The first-order chi connectivity index (χ1) is 9.72. The minimum Gasteiger partial charge on any atom is -0.396 e. The molecule has 20 heavy (non-hydrogen) atoms. The average Bonchev–Trinajstić information content (AvgIpc) is 2.92. The Bertz CT molecular complexity index is 579. The van der Waals surface area contributed by atoms with E-state index in [9.17, 15) is 5.11 Å². The molecule has 1 saturated heterocycles. The van der Waals surface area contributed by atoms with Crippen LogP contribution in [-0.2, 0) is 4.74 Å². The molecule has 0 radical (unpaired) electrons. The predicted octanol–water partition coefficient (Wildman–Crippen LogP) is 1.34. The van der Waals surface area contributed by atoms with Crippen LogP contribution in [0.4, 0.5) is 5.69 Å². The number of nitrogens with one attached hydrogen (secondary N) is 1. The van der Waals surface area contributed by atoms with E-state index >= 15 is 0 Å². The molecule has 2 N–H and O–H groups in total. The van der Waals surface area contributed by atoms with Crippen LogP contribution in [0.15, 0.2) is 30.9 Å². The lowest BCUT2D eigenvalue weighted by Gasteiger charge is -2.40. The molecule has 6 nitrogen and oxygen atoms in total. The lowest BCUT2D eigenvalue weighted by atomic mass is 9.87. The van der Waals surface area contributed by atoms with E-state index in [-0.39, 0.29) is 12.0 Å². The Morgan fingerprint density at radius 3 is 2.85 bits per heavy atom. The standard InChI is InChI=1S/C13H15ClN4O2/c14-11-3-10(16-4-13(5-19)6-20-7-13)1-2-12(11)18-9-15-8-17-18/h1-3,8-9,16,19H,4-7H2. The molecule has 0 aliphatic carbocycles. The fraction of sp³-hybridized carbons (Fsp3) is 0.385. The second-order valence-corrected chi connectivity index (χ2v) is 5.42. The Morgan fingerprint density at radius 2 is 2.30 bits per heavy atom. The lowest BCUT2D eigenvalue weighted by molar-refractivity contribution is -0.128. The van der Waals surface area contributed by atoms with Crippen molar-refractivity contribution in [1.82, 2.24) is 14.8 Å². The molecule has 1 aliphatic rings. The van der Waals surface area contributed by atoms with Crippen LogP contribution in [0.5, 0.6) is 0 Å². The maximum Gasteiger partial charge on any atom is 0.138 e. The molecular weight excluding hydrogens is 280 g/mol. The van der Waals surface area contributed by atoms with E-state index in [0.717, 1.165) is 11.4 Å². The highest BCUT2D eigenvalue weighted by molar-refractivity contribution is 6.32. The van der Waals surface area contributed by atoms with Crippen molar-refractivity contribution in [1.29, 1.82) is 0 Å². The Labute approximate surface area is 121 Å². The van der Waals surface area contributed by atoms with Crippen molar-refractivity contribution in [2.75, 3.05) is 31.7 Å². The third-order valence-corrected chi connectivity index (χ3v) is 3.74. The lowest BCUT2D eigenvalue weighted by Crippen LogP contribution is -2.50. The summed E-state index contributed by atoms with van der Waals surface area (Å²) in [5, 5.41) is 17.3.